The van der Waals surface area contributed by atoms with E-state index in [9.17, 15) is 0 Å². The van der Waals surface area contributed by atoms with Crippen LogP contribution in [0.3, 0.4) is 0 Å². The predicted octanol–water partition coefficient (Wildman–Crippen LogP) is 9.55. The molecular formula is C29H53N4O2PS2. The Labute approximate surface area is 241 Å². The van der Waals surface area contributed by atoms with Crippen molar-refractivity contribution in [2.24, 2.45) is 0 Å². The molecule has 0 spiro atoms. The van der Waals surface area contributed by atoms with E-state index in [0.717, 1.165) is 49.0 Å². The van der Waals surface area contributed by atoms with Gasteiger partial charge in [0.2, 0.25) is 5.69 Å². The van der Waals surface area contributed by atoms with E-state index >= 15 is 0 Å². The lowest BCUT2D eigenvalue weighted by atomic mass is 9.94. The van der Waals surface area contributed by atoms with Crippen molar-refractivity contribution in [2.45, 2.75) is 130 Å². The first kappa shape index (κ1) is 33.7. The smallest absolute Gasteiger partial charge is 0.248 e. The van der Waals surface area contributed by atoms with Crippen molar-refractivity contribution in [1.82, 2.24) is 19.9 Å². The van der Waals surface area contributed by atoms with Crippen molar-refractivity contribution < 1.29 is 9.05 Å². The number of rotatable bonds is 23. The Kier molecular flexibility index (Phi) is 16.7. The maximum absolute atomic E-state index is 6.24. The van der Waals surface area contributed by atoms with Crippen LogP contribution in [0.1, 0.15) is 118 Å². The Morgan fingerprint density at radius 1 is 0.868 bits per heavy atom. The molecule has 0 unspecified atom stereocenters. The van der Waals surface area contributed by atoms with Crippen LogP contribution in [0.15, 0.2) is 24.3 Å². The van der Waals surface area contributed by atoms with Gasteiger partial charge < -0.3 is 9.05 Å². The van der Waals surface area contributed by atoms with Crippen LogP contribution in [-0.2, 0) is 27.5 Å². The van der Waals surface area contributed by atoms with Crippen molar-refractivity contribution >= 4 is 39.9 Å². The van der Waals surface area contributed by atoms with Crippen LogP contribution in [-0.4, -0.2) is 44.5 Å². The van der Waals surface area contributed by atoms with Crippen molar-refractivity contribution in [3.05, 3.63) is 24.3 Å². The van der Waals surface area contributed by atoms with E-state index in [1.807, 2.05) is 16.8 Å². The molecule has 0 aliphatic carbocycles. The number of hydrogen-bond acceptors (Lipinski definition) is 7. The monoisotopic (exact) mass is 584 g/mol. The molecule has 2 aromatic rings. The second kappa shape index (κ2) is 18.8. The number of fused-ring (bicyclic) bond motifs is 1. The van der Waals surface area contributed by atoms with E-state index in [1.165, 1.54) is 51.4 Å². The first-order chi connectivity index (χ1) is 18.3. The van der Waals surface area contributed by atoms with E-state index in [1.54, 1.807) is 11.4 Å². The highest BCUT2D eigenvalue weighted by molar-refractivity contribution is 8.67. The summed E-state index contributed by atoms with van der Waals surface area (Å²) in [7, 11) is 0. The highest BCUT2D eigenvalue weighted by atomic mass is 32.9. The standard InChI is InChI=1S/C29H53N4O2PS2/c1-6-9-12-13-14-15-16-19-22-29(4,5)32(25-33-28-21-18-17-20-27(28)30-31-33)26-38-36(37,34-23-10-7-2)35-24-11-8-3/h17-18,20-21H,6-16,19,22-26H2,1-5H3. The third kappa shape index (κ3) is 12.3. The van der Waals surface area contributed by atoms with Gasteiger partial charge in [-0.1, -0.05) is 114 Å². The summed E-state index contributed by atoms with van der Waals surface area (Å²) in [6, 6.07) is 8.18. The molecule has 0 aliphatic heterocycles. The maximum atomic E-state index is 6.24. The lowest BCUT2D eigenvalue weighted by Gasteiger charge is -2.39. The summed E-state index contributed by atoms with van der Waals surface area (Å²) in [6.45, 7) is 13.3. The lowest BCUT2D eigenvalue weighted by Crippen LogP contribution is -2.44. The summed E-state index contributed by atoms with van der Waals surface area (Å²) in [4.78, 5) is 2.49. The molecule has 0 bridgehead atoms. The Morgan fingerprint density at radius 3 is 2.08 bits per heavy atom. The number of nitrogens with zero attached hydrogens (tertiary/aromatic N) is 4. The molecule has 2 rings (SSSR count). The van der Waals surface area contributed by atoms with Gasteiger partial charge in [0.15, 0.2) is 0 Å². The summed E-state index contributed by atoms with van der Waals surface area (Å²) in [5.41, 5.74) is -0.460. The molecule has 38 heavy (non-hydrogen) atoms. The topological polar surface area (TPSA) is 52.4 Å². The molecule has 0 radical (unpaired) electrons. The summed E-state index contributed by atoms with van der Waals surface area (Å²) < 4.78 is 14.5. The Hall–Kier alpha value is -0.500. The molecule has 0 atom stereocenters. The minimum absolute atomic E-state index is 0.0186. The molecule has 1 aromatic heterocycles. The van der Waals surface area contributed by atoms with Gasteiger partial charge in [0.1, 0.15) is 5.52 Å². The molecule has 1 aromatic carbocycles. The predicted molar refractivity (Wildman–Crippen MR) is 169 cm³/mol. The van der Waals surface area contributed by atoms with Gasteiger partial charge >= 0.3 is 0 Å². The van der Waals surface area contributed by atoms with Crippen molar-refractivity contribution in [3.8, 4) is 0 Å². The Bertz CT molecular complexity index is 926. The number of unbranched alkanes of at least 4 members (excludes halogenated alkanes) is 9. The fourth-order valence-corrected chi connectivity index (χ4v) is 8.58. The van der Waals surface area contributed by atoms with Gasteiger partial charge in [-0.25, -0.2) is 4.68 Å². The number of aromatic nitrogens is 3. The molecule has 0 N–H and O–H groups in total. The van der Waals surface area contributed by atoms with Gasteiger partial charge in [0, 0.05) is 5.54 Å². The molecule has 0 saturated carbocycles. The zero-order valence-corrected chi connectivity index (χ0v) is 27.2. The summed E-state index contributed by atoms with van der Waals surface area (Å²) >= 11 is 7.72. The first-order valence-corrected chi connectivity index (χ1v) is 19.1. The quantitative estimate of drug-likeness (QED) is 0.0732. The lowest BCUT2D eigenvalue weighted by molar-refractivity contribution is 0.0931. The van der Waals surface area contributed by atoms with E-state index in [0.29, 0.717) is 19.9 Å². The van der Waals surface area contributed by atoms with E-state index in [4.69, 9.17) is 20.9 Å². The van der Waals surface area contributed by atoms with Crippen molar-refractivity contribution in [2.75, 3.05) is 19.1 Å². The van der Waals surface area contributed by atoms with Crippen LogP contribution in [0.2, 0.25) is 0 Å². The average Bonchev–Trinajstić information content (AvgIpc) is 3.31. The SMILES string of the molecule is CCCCCCCCCCC(C)(C)N(CSP(=S)(OCCCC)OCCCC)Cn1nnc2ccccc21. The average molecular weight is 585 g/mol. The largest absolute Gasteiger partial charge is 0.322 e. The number of para-hydroxylation sites is 1. The molecule has 0 saturated heterocycles. The van der Waals surface area contributed by atoms with Gasteiger partial charge in [0.05, 0.1) is 31.3 Å². The molecular weight excluding hydrogens is 531 g/mol. The van der Waals surface area contributed by atoms with Crippen molar-refractivity contribution in [1.29, 1.82) is 0 Å². The molecule has 0 amide bonds. The van der Waals surface area contributed by atoms with E-state index < -0.39 is 5.69 Å². The zero-order chi connectivity index (χ0) is 27.7. The Morgan fingerprint density at radius 2 is 1.45 bits per heavy atom. The summed E-state index contributed by atoms with van der Waals surface area (Å²) in [6.07, 6.45) is 16.0. The molecule has 6 nitrogen and oxygen atoms in total. The number of benzene rings is 1. The zero-order valence-electron chi connectivity index (χ0n) is 24.7. The molecule has 0 aliphatic rings. The van der Waals surface area contributed by atoms with Gasteiger partial charge in [0.25, 0.3) is 0 Å². The minimum Gasteiger partial charge on any atom is -0.322 e. The number of hydrogen-bond donors (Lipinski definition) is 0. The van der Waals surface area contributed by atoms with Gasteiger partial charge in [-0.3, -0.25) is 4.90 Å². The molecule has 9 heteroatoms. The van der Waals surface area contributed by atoms with Crippen LogP contribution in [0.4, 0.5) is 0 Å². The molecule has 0 fully saturated rings. The normalized spacial score (nSPS) is 12.7. The minimum atomic E-state index is -2.43. The van der Waals surface area contributed by atoms with Crippen molar-refractivity contribution in [3.63, 3.8) is 0 Å². The molecule has 218 valence electrons. The second-order valence-electron chi connectivity index (χ2n) is 10.9. The van der Waals surface area contributed by atoms with E-state index in [2.05, 4.69) is 62.0 Å². The highest BCUT2D eigenvalue weighted by Gasteiger charge is 2.30. The fourth-order valence-electron chi connectivity index (χ4n) is 4.33. The fraction of sp³-hybridized carbons (Fsp3) is 0.793. The van der Waals surface area contributed by atoms with Crippen LogP contribution in [0, 0.1) is 0 Å². The van der Waals surface area contributed by atoms with Gasteiger partial charge in [-0.2, -0.15) is 0 Å². The highest BCUT2D eigenvalue weighted by Crippen LogP contribution is 2.61. The third-order valence-electron chi connectivity index (χ3n) is 7.09. The molecule has 1 heterocycles. The third-order valence-corrected chi connectivity index (χ3v) is 12.3. The van der Waals surface area contributed by atoms with E-state index in [-0.39, 0.29) is 5.54 Å². The second-order valence-corrected chi connectivity index (χ2v) is 17.2. The summed E-state index contributed by atoms with van der Waals surface area (Å²) in [5.74, 6) is 0.744. The van der Waals surface area contributed by atoms with Gasteiger partial charge in [-0.15, -0.1) is 5.10 Å². The Balaban J connectivity index is 2.08. The first-order valence-electron chi connectivity index (χ1n) is 14.9. The van der Waals surface area contributed by atoms with Crippen LogP contribution < -0.4 is 0 Å². The summed E-state index contributed by atoms with van der Waals surface area (Å²) in [5, 5.41) is 8.89. The van der Waals surface area contributed by atoms with Crippen LogP contribution >= 0.6 is 17.1 Å². The maximum Gasteiger partial charge on any atom is 0.248 e. The van der Waals surface area contributed by atoms with Gasteiger partial charge in [-0.05, 0) is 57.0 Å². The van der Waals surface area contributed by atoms with Crippen LogP contribution in [0.25, 0.3) is 11.0 Å². The van der Waals surface area contributed by atoms with Crippen LogP contribution in [0.5, 0.6) is 0 Å².